The van der Waals surface area contributed by atoms with Crippen LogP contribution in [0.15, 0.2) is 72.8 Å². The summed E-state index contributed by atoms with van der Waals surface area (Å²) in [6, 6.07) is 23.8. The molecule has 1 aliphatic heterocycles. The molecule has 0 radical (unpaired) electrons. The van der Waals surface area contributed by atoms with Gasteiger partial charge in [0.05, 0.1) is 5.69 Å². The molecule has 1 unspecified atom stereocenters. The van der Waals surface area contributed by atoms with Gasteiger partial charge in [0, 0.05) is 5.56 Å². The van der Waals surface area contributed by atoms with Crippen LogP contribution in [0.4, 0.5) is 5.69 Å². The van der Waals surface area contributed by atoms with Gasteiger partial charge in [0.2, 0.25) is 0 Å². The molecule has 1 heterocycles. The van der Waals surface area contributed by atoms with Crippen molar-refractivity contribution in [1.29, 1.82) is 0 Å². The molecule has 24 heavy (non-hydrogen) atoms. The van der Waals surface area contributed by atoms with Crippen LogP contribution in [-0.2, 0) is 6.42 Å². The molecule has 120 valence electrons. The standard InChI is InChI=1S/C21H19NO2/c22-17-9-4-5-10-21(17)24-20-12-6-11-19-16(20)13-14-18(23-19)15-7-2-1-3-8-15/h1-12,18H,13-14,22H2. The molecule has 3 nitrogen and oxygen atoms in total. The number of nitrogens with two attached hydrogens (primary N) is 1. The highest BCUT2D eigenvalue weighted by atomic mass is 16.5. The van der Waals surface area contributed by atoms with E-state index in [4.69, 9.17) is 15.2 Å². The Kier molecular flexibility index (Phi) is 3.83. The van der Waals surface area contributed by atoms with Crippen molar-refractivity contribution in [3.63, 3.8) is 0 Å². The van der Waals surface area contributed by atoms with E-state index in [1.165, 1.54) is 5.56 Å². The Hall–Kier alpha value is -2.94. The van der Waals surface area contributed by atoms with Crippen molar-refractivity contribution in [2.75, 3.05) is 5.73 Å². The molecule has 4 rings (SSSR count). The maximum Gasteiger partial charge on any atom is 0.150 e. The SMILES string of the molecule is Nc1ccccc1Oc1cccc2c1CCC(c1ccccc1)O2. The predicted octanol–water partition coefficient (Wildman–Crippen LogP) is 5.13. The summed E-state index contributed by atoms with van der Waals surface area (Å²) in [4.78, 5) is 0. The van der Waals surface area contributed by atoms with Gasteiger partial charge >= 0.3 is 0 Å². The Morgan fingerprint density at radius 2 is 1.58 bits per heavy atom. The molecule has 3 aromatic carbocycles. The molecule has 2 N–H and O–H groups in total. The molecule has 0 saturated carbocycles. The van der Waals surface area contributed by atoms with E-state index in [0.29, 0.717) is 11.4 Å². The van der Waals surface area contributed by atoms with E-state index in [-0.39, 0.29) is 6.10 Å². The van der Waals surface area contributed by atoms with Crippen molar-refractivity contribution >= 4 is 5.69 Å². The van der Waals surface area contributed by atoms with Gasteiger partial charge in [-0.25, -0.2) is 0 Å². The second kappa shape index (κ2) is 6.28. The Bertz CT molecular complexity index is 845. The number of ether oxygens (including phenoxy) is 2. The number of rotatable bonds is 3. The first-order valence-electron chi connectivity index (χ1n) is 8.17. The zero-order valence-electron chi connectivity index (χ0n) is 13.3. The summed E-state index contributed by atoms with van der Waals surface area (Å²) in [6.45, 7) is 0. The summed E-state index contributed by atoms with van der Waals surface area (Å²) in [5.41, 5.74) is 8.93. The molecular formula is C21H19NO2. The number of para-hydroxylation sites is 2. The van der Waals surface area contributed by atoms with E-state index < -0.39 is 0 Å². The van der Waals surface area contributed by atoms with Gasteiger partial charge in [-0.15, -0.1) is 0 Å². The van der Waals surface area contributed by atoms with Gasteiger partial charge in [-0.05, 0) is 42.7 Å². The number of anilines is 1. The highest BCUT2D eigenvalue weighted by Gasteiger charge is 2.24. The average molecular weight is 317 g/mol. The van der Waals surface area contributed by atoms with E-state index in [1.54, 1.807) is 0 Å². The first-order chi connectivity index (χ1) is 11.8. The summed E-state index contributed by atoms with van der Waals surface area (Å²) < 4.78 is 12.3. The topological polar surface area (TPSA) is 44.5 Å². The summed E-state index contributed by atoms with van der Waals surface area (Å²) >= 11 is 0. The Labute approximate surface area is 141 Å². The number of benzene rings is 3. The molecule has 1 atom stereocenters. The van der Waals surface area contributed by atoms with Crippen LogP contribution in [0.3, 0.4) is 0 Å². The van der Waals surface area contributed by atoms with E-state index in [1.807, 2.05) is 60.7 Å². The lowest BCUT2D eigenvalue weighted by atomic mass is 9.97. The summed E-state index contributed by atoms with van der Waals surface area (Å²) in [5, 5.41) is 0. The van der Waals surface area contributed by atoms with Crippen LogP contribution in [0.25, 0.3) is 0 Å². The van der Waals surface area contributed by atoms with Crippen LogP contribution >= 0.6 is 0 Å². The van der Waals surface area contributed by atoms with E-state index >= 15 is 0 Å². The van der Waals surface area contributed by atoms with E-state index in [0.717, 1.165) is 29.9 Å². The summed E-state index contributed by atoms with van der Waals surface area (Å²) in [5.74, 6) is 2.38. The third-order valence-corrected chi connectivity index (χ3v) is 4.33. The minimum atomic E-state index is 0.0933. The zero-order chi connectivity index (χ0) is 16.4. The fourth-order valence-corrected chi connectivity index (χ4v) is 3.08. The highest BCUT2D eigenvalue weighted by molar-refractivity contribution is 5.55. The maximum absolute atomic E-state index is 6.22. The zero-order valence-corrected chi connectivity index (χ0v) is 13.3. The molecule has 3 aromatic rings. The third-order valence-electron chi connectivity index (χ3n) is 4.33. The van der Waals surface area contributed by atoms with Gasteiger partial charge in [0.25, 0.3) is 0 Å². The van der Waals surface area contributed by atoms with Crippen molar-refractivity contribution in [3.8, 4) is 17.2 Å². The van der Waals surface area contributed by atoms with Crippen molar-refractivity contribution in [1.82, 2.24) is 0 Å². The minimum Gasteiger partial charge on any atom is -0.485 e. The van der Waals surface area contributed by atoms with Crippen LogP contribution in [-0.4, -0.2) is 0 Å². The number of hydrogen-bond acceptors (Lipinski definition) is 3. The van der Waals surface area contributed by atoms with Crippen LogP contribution in [0.1, 0.15) is 23.7 Å². The van der Waals surface area contributed by atoms with Gasteiger partial charge in [0.1, 0.15) is 23.4 Å². The summed E-state index contributed by atoms with van der Waals surface area (Å²) in [7, 11) is 0. The fraction of sp³-hybridized carbons (Fsp3) is 0.143. The van der Waals surface area contributed by atoms with E-state index in [9.17, 15) is 0 Å². The Morgan fingerprint density at radius 1 is 0.833 bits per heavy atom. The second-order valence-electron chi connectivity index (χ2n) is 5.93. The number of hydrogen-bond donors (Lipinski definition) is 1. The molecule has 1 aliphatic rings. The molecule has 0 saturated heterocycles. The van der Waals surface area contributed by atoms with Crippen LogP contribution in [0, 0.1) is 0 Å². The van der Waals surface area contributed by atoms with Crippen molar-refractivity contribution in [3.05, 3.63) is 83.9 Å². The Balaban J connectivity index is 1.61. The van der Waals surface area contributed by atoms with E-state index in [2.05, 4.69) is 12.1 Å². The molecule has 0 aliphatic carbocycles. The summed E-state index contributed by atoms with van der Waals surface area (Å²) in [6.07, 6.45) is 1.94. The largest absolute Gasteiger partial charge is 0.485 e. The molecule has 0 aromatic heterocycles. The van der Waals surface area contributed by atoms with Crippen molar-refractivity contribution in [2.45, 2.75) is 18.9 Å². The Morgan fingerprint density at radius 3 is 2.42 bits per heavy atom. The molecule has 0 amide bonds. The van der Waals surface area contributed by atoms with Crippen molar-refractivity contribution in [2.24, 2.45) is 0 Å². The number of nitrogen functional groups attached to an aromatic ring is 1. The van der Waals surface area contributed by atoms with Crippen LogP contribution in [0.2, 0.25) is 0 Å². The first kappa shape index (κ1) is 14.6. The lowest BCUT2D eigenvalue weighted by Crippen LogP contribution is -2.15. The molecule has 0 spiro atoms. The van der Waals surface area contributed by atoms with Gasteiger partial charge in [-0.1, -0.05) is 48.5 Å². The highest BCUT2D eigenvalue weighted by Crippen LogP contribution is 2.41. The van der Waals surface area contributed by atoms with Crippen LogP contribution < -0.4 is 15.2 Å². The van der Waals surface area contributed by atoms with Crippen LogP contribution in [0.5, 0.6) is 17.2 Å². The molecular weight excluding hydrogens is 298 g/mol. The lowest BCUT2D eigenvalue weighted by molar-refractivity contribution is 0.175. The van der Waals surface area contributed by atoms with Gasteiger partial charge in [-0.3, -0.25) is 0 Å². The minimum absolute atomic E-state index is 0.0933. The molecule has 0 fully saturated rings. The number of fused-ring (bicyclic) bond motifs is 1. The average Bonchev–Trinajstić information content (AvgIpc) is 2.64. The monoisotopic (exact) mass is 317 g/mol. The molecule has 0 bridgehead atoms. The third kappa shape index (κ3) is 2.81. The first-order valence-corrected chi connectivity index (χ1v) is 8.17. The van der Waals surface area contributed by atoms with Gasteiger partial charge in [-0.2, -0.15) is 0 Å². The van der Waals surface area contributed by atoms with Crippen molar-refractivity contribution < 1.29 is 9.47 Å². The quantitative estimate of drug-likeness (QED) is 0.681. The van der Waals surface area contributed by atoms with Gasteiger partial charge in [0.15, 0.2) is 0 Å². The normalized spacial score (nSPS) is 16.1. The maximum atomic E-state index is 6.22. The lowest BCUT2D eigenvalue weighted by Gasteiger charge is -2.27. The predicted molar refractivity (Wildman–Crippen MR) is 95.5 cm³/mol. The molecule has 3 heteroatoms. The smallest absolute Gasteiger partial charge is 0.150 e. The second-order valence-corrected chi connectivity index (χ2v) is 5.93. The van der Waals surface area contributed by atoms with Gasteiger partial charge < -0.3 is 15.2 Å². The fourth-order valence-electron chi connectivity index (χ4n) is 3.08.